The van der Waals surface area contributed by atoms with Crippen LogP contribution in [0.25, 0.3) is 32.5 Å². The smallest absolute Gasteiger partial charge is 0.164 e. The quantitative estimate of drug-likeness (QED) is 0.416. The Kier molecular flexibility index (Phi) is 6.19. The Hall–Kier alpha value is -2.59. The van der Waals surface area contributed by atoms with Crippen molar-refractivity contribution in [3.8, 4) is 11.4 Å². The highest BCUT2D eigenvalue weighted by molar-refractivity contribution is 7.19. The van der Waals surface area contributed by atoms with E-state index in [1.54, 1.807) is 0 Å². The third-order valence-corrected chi connectivity index (χ3v) is 8.71. The molecule has 36 heavy (non-hydrogen) atoms. The molecule has 9 heteroatoms. The summed E-state index contributed by atoms with van der Waals surface area (Å²) >= 11 is 1.81. The highest BCUT2D eigenvalue weighted by atomic mass is 32.1. The van der Waals surface area contributed by atoms with E-state index in [2.05, 4.69) is 38.8 Å². The standard InChI is InChI=1S/C27H34N6O2S/c1-17-12-20-21(14-28-15-23(20)29-17)25-30-22-13-19(16-32-6-4-18(5-7-32)27(2,3)34)36-24(22)26(31-25)33-8-10-35-11-9-33/h12-15,18,29,34H,4-11,16H2,1-3H3. The number of ether oxygens (including phenoxy) is 1. The van der Waals surface area contributed by atoms with Crippen LogP contribution in [0.2, 0.25) is 0 Å². The first-order valence-electron chi connectivity index (χ1n) is 12.9. The minimum atomic E-state index is -0.599. The summed E-state index contributed by atoms with van der Waals surface area (Å²) in [5, 5.41) is 11.5. The number of morpholine rings is 1. The number of anilines is 1. The minimum Gasteiger partial charge on any atom is -0.390 e. The van der Waals surface area contributed by atoms with Crippen molar-refractivity contribution >= 4 is 38.3 Å². The average Bonchev–Trinajstić information content (AvgIpc) is 3.45. The van der Waals surface area contributed by atoms with Crippen molar-refractivity contribution in [3.63, 3.8) is 0 Å². The number of thiophene rings is 1. The normalized spacial score (nSPS) is 18.5. The van der Waals surface area contributed by atoms with Gasteiger partial charge in [-0.15, -0.1) is 11.3 Å². The molecule has 190 valence electrons. The number of aromatic amines is 1. The molecule has 0 saturated carbocycles. The summed E-state index contributed by atoms with van der Waals surface area (Å²) in [5.74, 6) is 2.09. The van der Waals surface area contributed by atoms with Crippen molar-refractivity contribution in [3.05, 3.63) is 35.1 Å². The Morgan fingerprint density at radius 2 is 1.89 bits per heavy atom. The fourth-order valence-corrected chi connectivity index (χ4v) is 6.69. The number of rotatable bonds is 5. The molecule has 0 atom stereocenters. The lowest BCUT2D eigenvalue weighted by Crippen LogP contribution is -2.41. The largest absolute Gasteiger partial charge is 0.390 e. The fraction of sp³-hybridized carbons (Fsp3) is 0.519. The van der Waals surface area contributed by atoms with E-state index in [0.29, 0.717) is 19.1 Å². The van der Waals surface area contributed by atoms with Crippen molar-refractivity contribution in [2.75, 3.05) is 44.3 Å². The van der Waals surface area contributed by atoms with Crippen LogP contribution in [0, 0.1) is 12.8 Å². The second kappa shape index (κ2) is 9.37. The molecule has 0 radical (unpaired) electrons. The van der Waals surface area contributed by atoms with Crippen LogP contribution < -0.4 is 4.90 Å². The van der Waals surface area contributed by atoms with Crippen LogP contribution in [-0.4, -0.2) is 74.9 Å². The number of fused-ring (bicyclic) bond motifs is 2. The van der Waals surface area contributed by atoms with Gasteiger partial charge in [0.05, 0.1) is 40.7 Å². The van der Waals surface area contributed by atoms with Crippen molar-refractivity contribution in [1.29, 1.82) is 0 Å². The van der Waals surface area contributed by atoms with Crippen LogP contribution in [0.4, 0.5) is 5.82 Å². The maximum Gasteiger partial charge on any atom is 0.164 e. The highest BCUT2D eigenvalue weighted by Crippen LogP contribution is 2.37. The molecule has 0 unspecified atom stereocenters. The van der Waals surface area contributed by atoms with Gasteiger partial charge in [-0.2, -0.15) is 0 Å². The van der Waals surface area contributed by atoms with E-state index in [4.69, 9.17) is 14.7 Å². The average molecular weight is 507 g/mol. The van der Waals surface area contributed by atoms with Crippen LogP contribution in [0.3, 0.4) is 0 Å². The lowest BCUT2D eigenvalue weighted by molar-refractivity contribution is -0.0134. The number of aromatic nitrogens is 4. The zero-order valence-electron chi connectivity index (χ0n) is 21.3. The number of hydrogen-bond donors (Lipinski definition) is 2. The third-order valence-electron chi connectivity index (χ3n) is 7.60. The van der Waals surface area contributed by atoms with Gasteiger partial charge in [0.2, 0.25) is 0 Å². The van der Waals surface area contributed by atoms with Gasteiger partial charge in [-0.25, -0.2) is 9.97 Å². The van der Waals surface area contributed by atoms with Crippen LogP contribution in [0.5, 0.6) is 0 Å². The fourth-order valence-electron chi connectivity index (χ4n) is 5.54. The first kappa shape index (κ1) is 23.8. The van der Waals surface area contributed by atoms with E-state index in [9.17, 15) is 5.11 Å². The lowest BCUT2D eigenvalue weighted by Gasteiger charge is -2.37. The highest BCUT2D eigenvalue weighted by Gasteiger charge is 2.31. The molecule has 0 spiro atoms. The molecule has 2 aliphatic heterocycles. The summed E-state index contributed by atoms with van der Waals surface area (Å²) in [4.78, 5) is 24.2. The molecule has 0 aliphatic carbocycles. The summed E-state index contributed by atoms with van der Waals surface area (Å²) in [6.07, 6.45) is 5.80. The Balaban J connectivity index is 1.36. The van der Waals surface area contributed by atoms with Crippen molar-refractivity contribution in [2.24, 2.45) is 5.92 Å². The molecule has 0 aromatic carbocycles. The molecule has 4 aromatic rings. The molecular weight excluding hydrogens is 472 g/mol. The summed E-state index contributed by atoms with van der Waals surface area (Å²) in [7, 11) is 0. The molecule has 6 heterocycles. The number of nitrogens with zero attached hydrogens (tertiary/aromatic N) is 5. The van der Waals surface area contributed by atoms with Gasteiger partial charge in [0.15, 0.2) is 11.6 Å². The Bertz CT molecular complexity index is 1380. The van der Waals surface area contributed by atoms with Gasteiger partial charge >= 0.3 is 0 Å². The van der Waals surface area contributed by atoms with Gasteiger partial charge in [-0.1, -0.05) is 0 Å². The number of nitrogens with one attached hydrogen (secondary N) is 1. The predicted octanol–water partition coefficient (Wildman–Crippen LogP) is 4.36. The molecule has 2 saturated heterocycles. The van der Waals surface area contributed by atoms with Crippen molar-refractivity contribution < 1.29 is 9.84 Å². The zero-order valence-corrected chi connectivity index (χ0v) is 22.1. The van der Waals surface area contributed by atoms with Crippen LogP contribution in [-0.2, 0) is 11.3 Å². The second-order valence-corrected chi connectivity index (χ2v) is 11.8. The Labute approximate surface area is 215 Å². The lowest BCUT2D eigenvalue weighted by atomic mass is 9.83. The van der Waals surface area contributed by atoms with E-state index in [1.807, 2.05) is 37.6 Å². The topological polar surface area (TPSA) is 90.4 Å². The first-order valence-corrected chi connectivity index (χ1v) is 13.7. The maximum absolute atomic E-state index is 10.4. The number of likely N-dealkylation sites (tertiary alicyclic amines) is 1. The van der Waals surface area contributed by atoms with E-state index < -0.39 is 5.60 Å². The number of aryl methyl sites for hydroxylation is 1. The molecule has 2 aliphatic rings. The van der Waals surface area contributed by atoms with Gasteiger partial charge in [0.25, 0.3) is 0 Å². The van der Waals surface area contributed by atoms with E-state index in [-0.39, 0.29) is 0 Å². The van der Waals surface area contributed by atoms with E-state index in [0.717, 1.165) is 89.6 Å². The Morgan fingerprint density at radius 1 is 1.11 bits per heavy atom. The summed E-state index contributed by atoms with van der Waals surface area (Å²) in [6, 6.07) is 4.39. The number of pyridine rings is 1. The van der Waals surface area contributed by atoms with Crippen molar-refractivity contribution in [2.45, 2.75) is 45.8 Å². The third kappa shape index (κ3) is 4.61. The maximum atomic E-state index is 10.4. The van der Waals surface area contributed by atoms with Gasteiger partial charge in [0, 0.05) is 47.4 Å². The SMILES string of the molecule is Cc1cc2c(-c3nc(N4CCOCC4)c4sc(CN5CCC(C(C)(C)O)CC5)cc4n3)cncc2[nH]1. The van der Waals surface area contributed by atoms with Crippen LogP contribution in [0.15, 0.2) is 24.5 Å². The molecule has 2 fully saturated rings. The predicted molar refractivity (Wildman–Crippen MR) is 145 cm³/mol. The molecule has 2 N–H and O–H groups in total. The number of hydrogen-bond acceptors (Lipinski definition) is 8. The van der Waals surface area contributed by atoms with E-state index in [1.165, 1.54) is 4.88 Å². The molecular formula is C27H34N6O2S. The van der Waals surface area contributed by atoms with Crippen molar-refractivity contribution in [1.82, 2.24) is 24.8 Å². The number of aliphatic hydroxyl groups is 1. The first-order chi connectivity index (χ1) is 17.3. The van der Waals surface area contributed by atoms with Gasteiger partial charge in [0.1, 0.15) is 0 Å². The van der Waals surface area contributed by atoms with E-state index >= 15 is 0 Å². The van der Waals surface area contributed by atoms with Gasteiger partial charge in [-0.3, -0.25) is 9.88 Å². The zero-order chi connectivity index (χ0) is 24.9. The van der Waals surface area contributed by atoms with Gasteiger partial charge in [-0.05, 0) is 64.8 Å². The molecule has 0 bridgehead atoms. The summed E-state index contributed by atoms with van der Waals surface area (Å²) in [6.45, 7) is 11.9. The van der Waals surface area contributed by atoms with Crippen LogP contribution in [0.1, 0.15) is 37.3 Å². The number of H-pyrrole nitrogens is 1. The minimum absolute atomic E-state index is 0.367. The van der Waals surface area contributed by atoms with Gasteiger partial charge < -0.3 is 19.7 Å². The molecule has 8 nitrogen and oxygen atoms in total. The van der Waals surface area contributed by atoms with Crippen LogP contribution >= 0.6 is 11.3 Å². The molecule has 4 aromatic heterocycles. The number of piperidine rings is 1. The monoisotopic (exact) mass is 506 g/mol. The Morgan fingerprint density at radius 3 is 2.64 bits per heavy atom. The summed E-state index contributed by atoms with van der Waals surface area (Å²) < 4.78 is 6.77. The molecule has 0 amide bonds. The molecule has 6 rings (SSSR count). The summed E-state index contributed by atoms with van der Waals surface area (Å²) in [5.41, 5.74) is 3.45. The second-order valence-electron chi connectivity index (χ2n) is 10.7.